The molecular formula is C24H24N4O6S. The molecule has 0 bridgehead atoms. The van der Waals surface area contributed by atoms with Crippen molar-refractivity contribution in [1.29, 1.82) is 0 Å². The molecule has 2 amide bonds. The second-order valence-corrected chi connectivity index (χ2v) is 9.34. The third-order valence-corrected chi connectivity index (χ3v) is 7.06. The van der Waals surface area contributed by atoms with Crippen LogP contribution in [0.4, 0.5) is 22.7 Å². The van der Waals surface area contributed by atoms with Crippen LogP contribution in [0.1, 0.15) is 0 Å². The molecule has 1 aliphatic rings. The number of carbonyl (C=O) groups excluding carboxylic acids is 2. The minimum atomic E-state index is -4.18. The fraction of sp³-hybridized carbons (Fsp3) is 0.167. The number of rotatable bonds is 8. The zero-order valence-electron chi connectivity index (χ0n) is 19.1. The molecule has 0 radical (unpaired) electrons. The summed E-state index contributed by atoms with van der Waals surface area (Å²) >= 11 is 0. The van der Waals surface area contributed by atoms with Crippen molar-refractivity contribution in [2.75, 3.05) is 46.6 Å². The quantitative estimate of drug-likeness (QED) is 0.495. The molecule has 35 heavy (non-hydrogen) atoms. The van der Waals surface area contributed by atoms with Gasteiger partial charge in [0, 0.05) is 11.4 Å². The van der Waals surface area contributed by atoms with Crippen LogP contribution in [-0.4, -0.2) is 47.5 Å². The predicted molar refractivity (Wildman–Crippen MR) is 133 cm³/mol. The average Bonchev–Trinajstić information content (AvgIpc) is 3.06. The van der Waals surface area contributed by atoms with E-state index in [1.807, 2.05) is 0 Å². The summed E-state index contributed by atoms with van der Waals surface area (Å²) in [5, 5.41) is 5.36. The Balaban J connectivity index is 1.49. The number of hydrogen-bond acceptors (Lipinski definition) is 6. The monoisotopic (exact) mass is 496 g/mol. The minimum Gasteiger partial charge on any atom is -0.497 e. The molecule has 0 fully saturated rings. The van der Waals surface area contributed by atoms with E-state index in [4.69, 9.17) is 9.47 Å². The summed E-state index contributed by atoms with van der Waals surface area (Å²) in [5.74, 6) is 0.196. The third-order valence-electron chi connectivity index (χ3n) is 5.30. The van der Waals surface area contributed by atoms with Crippen molar-refractivity contribution in [2.24, 2.45) is 0 Å². The number of anilines is 4. The van der Waals surface area contributed by atoms with Gasteiger partial charge in [0.05, 0.1) is 25.6 Å². The number of amides is 2. The Hall–Kier alpha value is -4.25. The van der Waals surface area contributed by atoms with Crippen LogP contribution in [0.2, 0.25) is 0 Å². The van der Waals surface area contributed by atoms with Crippen LogP contribution in [0.25, 0.3) is 0 Å². The Kier molecular flexibility index (Phi) is 6.78. The number of nitrogens with one attached hydrogen (secondary N) is 2. The lowest BCUT2D eigenvalue weighted by Crippen LogP contribution is -2.44. The lowest BCUT2D eigenvalue weighted by atomic mass is 10.2. The molecule has 1 aliphatic heterocycles. The van der Waals surface area contributed by atoms with Crippen molar-refractivity contribution in [3.05, 3.63) is 72.8 Å². The zero-order valence-corrected chi connectivity index (χ0v) is 19.9. The Labute approximate surface area is 203 Å². The van der Waals surface area contributed by atoms with Gasteiger partial charge in [-0.1, -0.05) is 12.1 Å². The van der Waals surface area contributed by atoms with E-state index in [0.29, 0.717) is 34.2 Å². The van der Waals surface area contributed by atoms with Gasteiger partial charge < -0.3 is 20.1 Å². The molecule has 3 aromatic rings. The highest BCUT2D eigenvalue weighted by atomic mass is 32.2. The number of nitrogens with zero attached hydrogens (tertiary/aromatic N) is 2. The Bertz CT molecular complexity index is 1230. The van der Waals surface area contributed by atoms with E-state index < -0.39 is 35.1 Å². The number of benzene rings is 3. The fourth-order valence-corrected chi connectivity index (χ4v) is 5.20. The molecule has 0 aromatic heterocycles. The van der Waals surface area contributed by atoms with Crippen LogP contribution in [0.3, 0.4) is 0 Å². The molecule has 0 saturated heterocycles. The number of para-hydroxylation sites is 2. The first-order valence-electron chi connectivity index (χ1n) is 10.6. The Morgan fingerprint density at radius 2 is 1.06 bits per heavy atom. The summed E-state index contributed by atoms with van der Waals surface area (Å²) in [6.07, 6.45) is 0. The van der Waals surface area contributed by atoms with Crippen molar-refractivity contribution < 1.29 is 27.5 Å². The molecular weight excluding hydrogens is 472 g/mol. The smallest absolute Gasteiger partial charge is 0.327 e. The normalized spacial score (nSPS) is 13.7. The van der Waals surface area contributed by atoms with Gasteiger partial charge in [-0.05, 0) is 60.7 Å². The Morgan fingerprint density at radius 1 is 0.686 bits per heavy atom. The van der Waals surface area contributed by atoms with Gasteiger partial charge in [-0.3, -0.25) is 9.59 Å². The van der Waals surface area contributed by atoms with E-state index in [1.165, 1.54) is 14.2 Å². The number of ether oxygens (including phenoxy) is 2. The van der Waals surface area contributed by atoms with Crippen molar-refractivity contribution in [1.82, 2.24) is 0 Å². The van der Waals surface area contributed by atoms with Crippen LogP contribution in [0, 0.1) is 0 Å². The fourth-order valence-electron chi connectivity index (χ4n) is 3.60. The molecule has 0 aliphatic carbocycles. The topological polar surface area (TPSA) is 117 Å². The molecule has 2 N–H and O–H groups in total. The maximum Gasteiger partial charge on any atom is 0.327 e. The van der Waals surface area contributed by atoms with Gasteiger partial charge in [-0.15, -0.1) is 0 Å². The summed E-state index contributed by atoms with van der Waals surface area (Å²) < 4.78 is 38.9. The summed E-state index contributed by atoms with van der Waals surface area (Å²) in [6.45, 7) is -0.913. The third kappa shape index (κ3) is 5.14. The van der Waals surface area contributed by atoms with Crippen LogP contribution < -0.4 is 28.7 Å². The largest absolute Gasteiger partial charge is 0.497 e. The lowest BCUT2D eigenvalue weighted by molar-refractivity contribution is -0.115. The van der Waals surface area contributed by atoms with Gasteiger partial charge >= 0.3 is 10.2 Å². The van der Waals surface area contributed by atoms with E-state index in [1.54, 1.807) is 72.8 Å². The number of methoxy groups -OCH3 is 2. The molecule has 0 atom stereocenters. The van der Waals surface area contributed by atoms with Gasteiger partial charge in [0.15, 0.2) is 0 Å². The summed E-state index contributed by atoms with van der Waals surface area (Å²) in [7, 11) is -1.11. The molecule has 11 heteroatoms. The maximum absolute atomic E-state index is 13.4. The van der Waals surface area contributed by atoms with Gasteiger partial charge in [0.1, 0.15) is 24.6 Å². The summed E-state index contributed by atoms with van der Waals surface area (Å²) in [5.41, 5.74) is 1.62. The second kappa shape index (κ2) is 9.94. The molecule has 3 aromatic carbocycles. The van der Waals surface area contributed by atoms with Crippen molar-refractivity contribution >= 4 is 44.8 Å². The average molecular weight is 497 g/mol. The van der Waals surface area contributed by atoms with Crippen molar-refractivity contribution in [2.45, 2.75) is 0 Å². The van der Waals surface area contributed by atoms with Crippen LogP contribution in [0.5, 0.6) is 11.5 Å². The highest BCUT2D eigenvalue weighted by Gasteiger charge is 2.42. The van der Waals surface area contributed by atoms with Gasteiger partial charge in [-0.2, -0.15) is 8.42 Å². The van der Waals surface area contributed by atoms with Crippen LogP contribution in [-0.2, 0) is 19.8 Å². The second-order valence-electron chi connectivity index (χ2n) is 7.56. The van der Waals surface area contributed by atoms with E-state index >= 15 is 0 Å². The lowest BCUT2D eigenvalue weighted by Gasteiger charge is -2.21. The standard InChI is InChI=1S/C24H24N4O6S/c1-33-19-11-7-17(8-12-19)25-23(29)15-27-21-5-3-4-6-22(21)28(35(27,31)32)16-24(30)26-18-9-13-20(34-2)14-10-18/h3-14H,15-16H2,1-2H3,(H,25,29)(H,26,30). The first kappa shape index (κ1) is 23.9. The van der Waals surface area contributed by atoms with E-state index in [9.17, 15) is 18.0 Å². The van der Waals surface area contributed by atoms with E-state index in [0.717, 1.165) is 8.61 Å². The number of fused-ring (bicyclic) bond motifs is 1. The van der Waals surface area contributed by atoms with Crippen molar-refractivity contribution in [3.63, 3.8) is 0 Å². The molecule has 1 heterocycles. The van der Waals surface area contributed by atoms with Gasteiger partial charge in [0.2, 0.25) is 11.8 Å². The highest BCUT2D eigenvalue weighted by molar-refractivity contribution is 7.94. The zero-order chi connectivity index (χ0) is 25.0. The summed E-state index contributed by atoms with van der Waals surface area (Å²) in [6, 6.07) is 19.9. The molecule has 0 saturated carbocycles. The number of hydrogen-bond donors (Lipinski definition) is 2. The van der Waals surface area contributed by atoms with E-state index in [-0.39, 0.29) is 0 Å². The van der Waals surface area contributed by atoms with Crippen molar-refractivity contribution in [3.8, 4) is 11.5 Å². The number of carbonyl (C=O) groups is 2. The molecule has 0 unspecified atom stereocenters. The SMILES string of the molecule is COc1ccc(NC(=O)CN2c3ccccc3N(CC(=O)Nc3ccc(OC)cc3)S2(=O)=O)cc1. The van der Waals surface area contributed by atoms with Gasteiger partial charge in [0.25, 0.3) is 0 Å². The first-order valence-corrected chi connectivity index (χ1v) is 12.0. The molecule has 10 nitrogen and oxygen atoms in total. The summed E-state index contributed by atoms with van der Waals surface area (Å²) in [4.78, 5) is 25.4. The molecule has 182 valence electrons. The predicted octanol–water partition coefficient (Wildman–Crippen LogP) is 2.85. The Morgan fingerprint density at radius 3 is 1.40 bits per heavy atom. The molecule has 0 spiro atoms. The van der Waals surface area contributed by atoms with Gasteiger partial charge in [-0.25, -0.2) is 8.61 Å². The van der Waals surface area contributed by atoms with E-state index in [2.05, 4.69) is 10.6 Å². The molecule has 4 rings (SSSR count). The van der Waals surface area contributed by atoms with Crippen LogP contribution >= 0.6 is 0 Å². The minimum absolute atomic E-state index is 0.314. The van der Waals surface area contributed by atoms with Crippen LogP contribution in [0.15, 0.2) is 72.8 Å². The first-order chi connectivity index (χ1) is 16.8. The highest BCUT2D eigenvalue weighted by Crippen LogP contribution is 2.40. The maximum atomic E-state index is 13.4.